The molecule has 1 N–H and O–H groups in total. The number of carbonyl (C=O) groups excluding carboxylic acids is 2. The maximum atomic E-state index is 13.8. The lowest BCUT2D eigenvalue weighted by atomic mass is 9.96. The van der Waals surface area contributed by atoms with Crippen molar-refractivity contribution in [1.29, 1.82) is 0 Å². The molecular formula is C30H32N2O6. The number of nitrogens with zero attached hydrogens (tertiary/aromatic N) is 1. The largest absolute Gasteiger partial charge is 0.480 e. The Morgan fingerprint density at radius 2 is 2.00 bits per heavy atom. The number of unbranched alkanes of at least 4 members (excludes halogenated alkanes) is 1. The van der Waals surface area contributed by atoms with E-state index in [-0.39, 0.29) is 12.5 Å². The Labute approximate surface area is 220 Å². The molecule has 5 rings (SSSR count). The zero-order valence-electron chi connectivity index (χ0n) is 22.1. The zero-order chi connectivity index (χ0) is 27.0. The highest BCUT2D eigenvalue weighted by atomic mass is 16.5. The average Bonchev–Trinajstić information content (AvgIpc) is 3.27. The number of para-hydroxylation sites is 1. The van der Waals surface area contributed by atoms with Gasteiger partial charge in [-0.2, -0.15) is 0 Å². The van der Waals surface area contributed by atoms with Crippen molar-refractivity contribution in [2.75, 3.05) is 7.11 Å². The topological polar surface area (TPSA) is 102 Å². The van der Waals surface area contributed by atoms with Crippen LogP contribution in [0.2, 0.25) is 0 Å². The number of carbonyl (C=O) groups is 2. The van der Waals surface area contributed by atoms with Crippen LogP contribution in [0.1, 0.15) is 49.1 Å². The SMILES string of the molecule is CCCCc1cc(=O)oc2cc(C)cc(O[C@H](C)C(=O)N3Cc4[nH]c5ccccc5c4C[C@H]3C(=O)OC)c12. The van der Waals surface area contributed by atoms with E-state index < -0.39 is 23.7 Å². The molecule has 0 saturated carbocycles. The summed E-state index contributed by atoms with van der Waals surface area (Å²) in [6.45, 7) is 5.88. The summed E-state index contributed by atoms with van der Waals surface area (Å²) in [5.41, 5.74) is 4.59. The minimum atomic E-state index is -0.899. The van der Waals surface area contributed by atoms with Crippen molar-refractivity contribution in [2.24, 2.45) is 0 Å². The minimum Gasteiger partial charge on any atom is -0.480 e. The van der Waals surface area contributed by atoms with Crippen LogP contribution in [0, 0.1) is 6.92 Å². The zero-order valence-corrected chi connectivity index (χ0v) is 22.1. The molecule has 3 heterocycles. The third kappa shape index (κ3) is 4.66. The summed E-state index contributed by atoms with van der Waals surface area (Å²) >= 11 is 0. The number of amides is 1. The van der Waals surface area contributed by atoms with Crippen molar-refractivity contribution >= 4 is 33.7 Å². The number of benzene rings is 2. The van der Waals surface area contributed by atoms with Crippen LogP contribution >= 0.6 is 0 Å². The molecule has 38 heavy (non-hydrogen) atoms. The van der Waals surface area contributed by atoms with E-state index in [0.717, 1.165) is 46.1 Å². The second-order valence-corrected chi connectivity index (χ2v) is 9.93. The third-order valence-electron chi connectivity index (χ3n) is 7.25. The number of esters is 1. The molecule has 2 aromatic carbocycles. The molecule has 0 unspecified atom stereocenters. The molecule has 1 aliphatic heterocycles. The molecule has 0 radical (unpaired) electrons. The number of H-pyrrole nitrogens is 1. The van der Waals surface area contributed by atoms with Gasteiger partial charge in [0.1, 0.15) is 17.4 Å². The summed E-state index contributed by atoms with van der Waals surface area (Å²) < 4.78 is 16.9. The number of aromatic amines is 1. The van der Waals surface area contributed by atoms with E-state index >= 15 is 0 Å². The predicted octanol–water partition coefficient (Wildman–Crippen LogP) is 4.82. The van der Waals surface area contributed by atoms with Crippen molar-refractivity contribution in [2.45, 2.75) is 65.1 Å². The highest BCUT2D eigenvalue weighted by Crippen LogP contribution is 2.34. The molecule has 1 amide bonds. The van der Waals surface area contributed by atoms with Gasteiger partial charge in [-0.05, 0) is 61.6 Å². The van der Waals surface area contributed by atoms with Crippen molar-refractivity contribution < 1.29 is 23.5 Å². The van der Waals surface area contributed by atoms with Crippen molar-refractivity contribution in [3.63, 3.8) is 0 Å². The lowest BCUT2D eigenvalue weighted by molar-refractivity contribution is -0.156. The first-order valence-electron chi connectivity index (χ1n) is 13.0. The fourth-order valence-electron chi connectivity index (χ4n) is 5.39. The summed E-state index contributed by atoms with van der Waals surface area (Å²) in [6, 6.07) is 12.3. The summed E-state index contributed by atoms with van der Waals surface area (Å²) in [7, 11) is 1.33. The van der Waals surface area contributed by atoms with Crippen molar-refractivity contribution in [1.82, 2.24) is 9.88 Å². The Morgan fingerprint density at radius 3 is 2.76 bits per heavy atom. The molecule has 198 valence electrons. The molecule has 0 aliphatic carbocycles. The van der Waals surface area contributed by atoms with Crippen LogP contribution in [-0.4, -0.2) is 41.0 Å². The molecule has 8 nitrogen and oxygen atoms in total. The van der Waals surface area contributed by atoms with E-state index in [1.54, 1.807) is 13.0 Å². The molecule has 0 spiro atoms. The maximum Gasteiger partial charge on any atom is 0.336 e. The molecule has 0 fully saturated rings. The smallest absolute Gasteiger partial charge is 0.336 e. The number of hydrogen-bond donors (Lipinski definition) is 1. The average molecular weight is 517 g/mol. The van der Waals surface area contributed by atoms with Gasteiger partial charge in [0, 0.05) is 29.1 Å². The van der Waals surface area contributed by atoms with Gasteiger partial charge in [-0.25, -0.2) is 9.59 Å². The Bertz CT molecular complexity index is 1580. The molecule has 1 aliphatic rings. The Morgan fingerprint density at radius 1 is 1.21 bits per heavy atom. The van der Waals surface area contributed by atoms with E-state index in [0.29, 0.717) is 29.6 Å². The Balaban J connectivity index is 1.49. The first-order valence-corrected chi connectivity index (χ1v) is 13.0. The molecule has 0 bridgehead atoms. The van der Waals surface area contributed by atoms with Gasteiger partial charge < -0.3 is 23.8 Å². The second-order valence-electron chi connectivity index (χ2n) is 9.93. The molecule has 2 aromatic heterocycles. The lowest BCUT2D eigenvalue weighted by Gasteiger charge is -2.35. The fourth-order valence-corrected chi connectivity index (χ4v) is 5.39. The number of rotatable bonds is 7. The molecule has 4 aromatic rings. The quantitative estimate of drug-likeness (QED) is 0.279. The number of nitrogens with one attached hydrogen (secondary N) is 1. The molecule has 0 saturated heterocycles. The maximum absolute atomic E-state index is 13.8. The number of aromatic nitrogens is 1. The van der Waals surface area contributed by atoms with Crippen molar-refractivity contribution in [3.05, 3.63) is 75.3 Å². The van der Waals surface area contributed by atoms with E-state index in [9.17, 15) is 14.4 Å². The highest BCUT2D eigenvalue weighted by molar-refractivity contribution is 5.92. The summed E-state index contributed by atoms with van der Waals surface area (Å²) in [6.07, 6.45) is 2.02. The number of aryl methyl sites for hydroxylation is 2. The van der Waals surface area contributed by atoms with Crippen LogP contribution in [0.15, 0.2) is 51.7 Å². The van der Waals surface area contributed by atoms with Gasteiger partial charge in [-0.15, -0.1) is 0 Å². The van der Waals surface area contributed by atoms with Gasteiger partial charge in [-0.3, -0.25) is 4.79 Å². The number of fused-ring (bicyclic) bond motifs is 4. The monoisotopic (exact) mass is 516 g/mol. The summed E-state index contributed by atoms with van der Waals surface area (Å²) in [5, 5.41) is 1.74. The predicted molar refractivity (Wildman–Crippen MR) is 144 cm³/mol. The normalized spacial score (nSPS) is 15.9. The number of hydrogen-bond acceptors (Lipinski definition) is 6. The van der Waals surface area contributed by atoms with Crippen LogP contribution in [0.5, 0.6) is 5.75 Å². The van der Waals surface area contributed by atoms with Crippen LogP contribution in [-0.2, 0) is 33.7 Å². The van der Waals surface area contributed by atoms with E-state index in [1.807, 2.05) is 37.3 Å². The highest BCUT2D eigenvalue weighted by Gasteiger charge is 2.39. The van der Waals surface area contributed by atoms with Gasteiger partial charge in [0.25, 0.3) is 5.91 Å². The van der Waals surface area contributed by atoms with Gasteiger partial charge in [0.2, 0.25) is 0 Å². The summed E-state index contributed by atoms with van der Waals surface area (Å²) in [5.74, 6) is -0.313. The second kappa shape index (κ2) is 10.4. The molecule has 2 atom stereocenters. The van der Waals surface area contributed by atoms with Crippen LogP contribution in [0.3, 0.4) is 0 Å². The molecular weight excluding hydrogens is 484 g/mol. The van der Waals surface area contributed by atoms with Gasteiger partial charge >= 0.3 is 11.6 Å². The van der Waals surface area contributed by atoms with Crippen molar-refractivity contribution in [3.8, 4) is 5.75 Å². The molecule has 8 heteroatoms. The number of methoxy groups -OCH3 is 1. The van der Waals surface area contributed by atoms with E-state index in [2.05, 4.69) is 11.9 Å². The van der Waals surface area contributed by atoms with E-state index in [4.69, 9.17) is 13.9 Å². The Hall–Kier alpha value is -4.07. The minimum absolute atomic E-state index is 0.238. The van der Waals surface area contributed by atoms with Crippen LogP contribution in [0.25, 0.3) is 21.9 Å². The standard InChI is InChI=1S/C30H32N2O6/c1-5-6-9-19-14-27(33)38-26-13-17(2)12-25(28(19)26)37-18(3)29(34)32-16-23-21(15-24(32)30(35)36-4)20-10-7-8-11-22(20)31-23/h7-8,10-14,18,24,31H,5-6,9,15-16H2,1-4H3/t18-,24+/m1/s1. The number of ether oxygens (including phenoxy) is 2. The van der Waals surface area contributed by atoms with Gasteiger partial charge in [-0.1, -0.05) is 31.5 Å². The van der Waals surface area contributed by atoms with Crippen LogP contribution in [0.4, 0.5) is 0 Å². The third-order valence-corrected chi connectivity index (χ3v) is 7.25. The van der Waals surface area contributed by atoms with Gasteiger partial charge in [0.05, 0.1) is 19.0 Å². The van der Waals surface area contributed by atoms with Gasteiger partial charge in [0.15, 0.2) is 6.10 Å². The summed E-state index contributed by atoms with van der Waals surface area (Å²) in [4.78, 5) is 43.8. The Kier molecular flexibility index (Phi) is 6.97. The van der Waals surface area contributed by atoms with Crippen LogP contribution < -0.4 is 10.4 Å². The fraction of sp³-hybridized carbons (Fsp3) is 0.367. The lowest BCUT2D eigenvalue weighted by Crippen LogP contribution is -2.52. The first kappa shape index (κ1) is 25.6. The first-order chi connectivity index (χ1) is 18.3. The van der Waals surface area contributed by atoms with E-state index in [1.165, 1.54) is 18.1 Å².